The van der Waals surface area contributed by atoms with Gasteiger partial charge in [-0.25, -0.2) is 0 Å². The van der Waals surface area contributed by atoms with Crippen LogP contribution in [-0.4, -0.2) is 22.6 Å². The standard InChI is InChI=1S/C28H27N3O3/c1-19-11-13-21(14-12-19)18-29-28(34)24-9-5-6-10-25(24)30-27(33)17-26-23-8-4-3-7-22(23)15-16-31(26)20(2)32/h3-16,26H,17-18H2,1-2H3,(H,29,34)(H,30,33). The summed E-state index contributed by atoms with van der Waals surface area (Å²) < 4.78 is 0. The lowest BCUT2D eigenvalue weighted by atomic mass is 9.93. The van der Waals surface area contributed by atoms with Crippen LogP contribution in [0.5, 0.6) is 0 Å². The van der Waals surface area contributed by atoms with Crippen LogP contribution in [0.3, 0.4) is 0 Å². The monoisotopic (exact) mass is 453 g/mol. The van der Waals surface area contributed by atoms with E-state index in [4.69, 9.17) is 0 Å². The van der Waals surface area contributed by atoms with E-state index in [1.807, 2.05) is 61.5 Å². The molecule has 172 valence electrons. The quantitative estimate of drug-likeness (QED) is 0.561. The molecule has 2 N–H and O–H groups in total. The number of amides is 3. The topological polar surface area (TPSA) is 78.5 Å². The molecule has 6 heteroatoms. The number of benzene rings is 3. The van der Waals surface area contributed by atoms with Crippen LogP contribution in [0.25, 0.3) is 6.08 Å². The van der Waals surface area contributed by atoms with Gasteiger partial charge in [0.05, 0.1) is 23.7 Å². The molecule has 0 saturated carbocycles. The Kier molecular flexibility index (Phi) is 6.87. The van der Waals surface area contributed by atoms with Crippen molar-refractivity contribution in [3.05, 3.63) is 107 Å². The van der Waals surface area contributed by atoms with Crippen molar-refractivity contribution in [1.29, 1.82) is 0 Å². The fourth-order valence-electron chi connectivity index (χ4n) is 4.06. The van der Waals surface area contributed by atoms with Crippen molar-refractivity contribution in [1.82, 2.24) is 10.2 Å². The third-order valence-electron chi connectivity index (χ3n) is 5.87. The third kappa shape index (κ3) is 5.23. The number of anilines is 1. The second-order valence-corrected chi connectivity index (χ2v) is 8.35. The lowest BCUT2D eigenvalue weighted by Crippen LogP contribution is -2.33. The number of fused-ring (bicyclic) bond motifs is 1. The molecule has 0 bridgehead atoms. The zero-order valence-electron chi connectivity index (χ0n) is 19.2. The first-order chi connectivity index (χ1) is 16.4. The molecule has 0 aliphatic carbocycles. The van der Waals surface area contributed by atoms with Gasteiger partial charge < -0.3 is 15.5 Å². The Morgan fingerprint density at radius 1 is 0.912 bits per heavy atom. The van der Waals surface area contributed by atoms with E-state index in [-0.39, 0.29) is 24.1 Å². The minimum Gasteiger partial charge on any atom is -0.348 e. The Hall–Kier alpha value is -4.19. The van der Waals surface area contributed by atoms with Crippen LogP contribution in [0.1, 0.15) is 52.0 Å². The van der Waals surface area contributed by atoms with Crippen LogP contribution < -0.4 is 10.6 Å². The molecule has 6 nitrogen and oxygen atoms in total. The summed E-state index contributed by atoms with van der Waals surface area (Å²) in [5.74, 6) is -0.688. The van der Waals surface area contributed by atoms with Crippen molar-refractivity contribution < 1.29 is 14.4 Å². The Morgan fingerprint density at radius 3 is 2.38 bits per heavy atom. The Bertz CT molecular complexity index is 1250. The van der Waals surface area contributed by atoms with Gasteiger partial charge in [-0.05, 0) is 41.8 Å². The number of para-hydroxylation sites is 1. The van der Waals surface area contributed by atoms with Gasteiger partial charge in [0, 0.05) is 19.7 Å². The molecule has 0 spiro atoms. The molecule has 0 aromatic heterocycles. The molecule has 4 rings (SSSR count). The van der Waals surface area contributed by atoms with Crippen LogP contribution in [0.2, 0.25) is 0 Å². The molecule has 0 fully saturated rings. The summed E-state index contributed by atoms with van der Waals surface area (Å²) in [5, 5.41) is 5.79. The van der Waals surface area contributed by atoms with E-state index in [2.05, 4.69) is 10.6 Å². The zero-order valence-corrected chi connectivity index (χ0v) is 19.2. The van der Waals surface area contributed by atoms with Gasteiger partial charge in [-0.1, -0.05) is 66.2 Å². The maximum absolute atomic E-state index is 13.0. The van der Waals surface area contributed by atoms with E-state index in [9.17, 15) is 14.4 Å². The summed E-state index contributed by atoms with van der Waals surface area (Å²) in [6.45, 7) is 3.89. The normalized spacial score (nSPS) is 14.3. The number of hydrogen-bond acceptors (Lipinski definition) is 3. The van der Waals surface area contributed by atoms with Crippen molar-refractivity contribution in [2.45, 2.75) is 32.9 Å². The number of nitrogens with one attached hydrogen (secondary N) is 2. The highest BCUT2D eigenvalue weighted by atomic mass is 16.2. The number of hydrogen-bond donors (Lipinski definition) is 2. The highest BCUT2D eigenvalue weighted by Crippen LogP contribution is 2.33. The SMILES string of the molecule is CC(=O)N1C=Cc2ccccc2C1CC(=O)Nc1ccccc1C(=O)NCc1ccc(C)cc1. The summed E-state index contributed by atoms with van der Waals surface area (Å²) in [5.41, 5.74) is 4.86. The number of nitrogens with zero attached hydrogens (tertiary/aromatic N) is 1. The van der Waals surface area contributed by atoms with Gasteiger partial charge in [-0.2, -0.15) is 0 Å². The molecule has 34 heavy (non-hydrogen) atoms. The average molecular weight is 454 g/mol. The molecular formula is C28H27N3O3. The van der Waals surface area contributed by atoms with Crippen molar-refractivity contribution in [3.63, 3.8) is 0 Å². The number of carbonyl (C=O) groups excluding carboxylic acids is 3. The lowest BCUT2D eigenvalue weighted by molar-refractivity contribution is -0.129. The highest BCUT2D eigenvalue weighted by molar-refractivity contribution is 6.04. The number of rotatable bonds is 6. The molecule has 3 aromatic rings. The van der Waals surface area contributed by atoms with Gasteiger partial charge in [0.15, 0.2) is 0 Å². The Morgan fingerprint density at radius 2 is 1.62 bits per heavy atom. The first kappa shape index (κ1) is 23.0. The zero-order chi connectivity index (χ0) is 24.1. The molecule has 1 aliphatic rings. The number of carbonyl (C=O) groups is 3. The Labute approximate surface area is 199 Å². The van der Waals surface area contributed by atoms with Gasteiger partial charge in [0.2, 0.25) is 11.8 Å². The van der Waals surface area contributed by atoms with Crippen LogP contribution in [0.4, 0.5) is 5.69 Å². The average Bonchev–Trinajstić information content (AvgIpc) is 2.84. The summed E-state index contributed by atoms with van der Waals surface area (Å²) in [7, 11) is 0. The smallest absolute Gasteiger partial charge is 0.253 e. The van der Waals surface area contributed by atoms with Crippen molar-refractivity contribution in [2.75, 3.05) is 5.32 Å². The second kappa shape index (κ2) is 10.2. The molecular weight excluding hydrogens is 426 g/mol. The third-order valence-corrected chi connectivity index (χ3v) is 5.87. The lowest BCUT2D eigenvalue weighted by Gasteiger charge is -2.32. The van der Waals surface area contributed by atoms with Crippen LogP contribution in [-0.2, 0) is 16.1 Å². The van der Waals surface area contributed by atoms with Crippen LogP contribution in [0.15, 0.2) is 79.0 Å². The molecule has 0 radical (unpaired) electrons. The van der Waals surface area contributed by atoms with Gasteiger partial charge in [0.1, 0.15) is 0 Å². The Balaban J connectivity index is 1.47. The van der Waals surface area contributed by atoms with E-state index >= 15 is 0 Å². The van der Waals surface area contributed by atoms with Crippen LogP contribution in [0, 0.1) is 6.92 Å². The van der Waals surface area contributed by atoms with Crippen molar-refractivity contribution in [2.24, 2.45) is 0 Å². The van der Waals surface area contributed by atoms with E-state index in [1.54, 1.807) is 35.4 Å². The molecule has 0 saturated heterocycles. The fraction of sp³-hybridized carbons (Fsp3) is 0.179. The van der Waals surface area contributed by atoms with Gasteiger partial charge in [-0.3, -0.25) is 14.4 Å². The fourth-order valence-corrected chi connectivity index (χ4v) is 4.06. The minimum absolute atomic E-state index is 0.0697. The largest absolute Gasteiger partial charge is 0.348 e. The van der Waals surface area contributed by atoms with E-state index < -0.39 is 6.04 Å². The molecule has 3 aromatic carbocycles. The summed E-state index contributed by atoms with van der Waals surface area (Å²) in [6.07, 6.45) is 3.66. The van der Waals surface area contributed by atoms with Crippen LogP contribution >= 0.6 is 0 Å². The van der Waals surface area contributed by atoms with Crippen molar-refractivity contribution in [3.8, 4) is 0 Å². The molecule has 1 unspecified atom stereocenters. The predicted molar refractivity (Wildman–Crippen MR) is 133 cm³/mol. The molecule has 1 atom stereocenters. The highest BCUT2D eigenvalue weighted by Gasteiger charge is 2.28. The molecule has 1 aliphatic heterocycles. The number of aryl methyl sites for hydroxylation is 1. The maximum atomic E-state index is 13.0. The summed E-state index contributed by atoms with van der Waals surface area (Å²) >= 11 is 0. The minimum atomic E-state index is -0.416. The summed E-state index contributed by atoms with van der Waals surface area (Å²) in [6, 6.07) is 22.2. The van der Waals surface area contributed by atoms with Gasteiger partial charge in [0.25, 0.3) is 5.91 Å². The summed E-state index contributed by atoms with van der Waals surface area (Å²) in [4.78, 5) is 39.7. The van der Waals surface area contributed by atoms with Crippen molar-refractivity contribution >= 4 is 29.5 Å². The van der Waals surface area contributed by atoms with E-state index in [1.165, 1.54) is 6.92 Å². The van der Waals surface area contributed by atoms with Gasteiger partial charge >= 0.3 is 0 Å². The maximum Gasteiger partial charge on any atom is 0.253 e. The second-order valence-electron chi connectivity index (χ2n) is 8.35. The predicted octanol–water partition coefficient (Wildman–Crippen LogP) is 4.83. The van der Waals surface area contributed by atoms with E-state index in [0.29, 0.717) is 17.8 Å². The van der Waals surface area contributed by atoms with E-state index in [0.717, 1.165) is 22.3 Å². The first-order valence-corrected chi connectivity index (χ1v) is 11.2. The van der Waals surface area contributed by atoms with Gasteiger partial charge in [-0.15, -0.1) is 0 Å². The first-order valence-electron chi connectivity index (χ1n) is 11.2. The molecule has 3 amide bonds. The molecule has 1 heterocycles.